The summed E-state index contributed by atoms with van der Waals surface area (Å²) < 4.78 is 129. The van der Waals surface area contributed by atoms with Crippen molar-refractivity contribution in [3.05, 3.63) is 70.5 Å². The van der Waals surface area contributed by atoms with Crippen LogP contribution < -0.4 is 5.32 Å². The summed E-state index contributed by atoms with van der Waals surface area (Å²) in [7, 11) is -1.79. The van der Waals surface area contributed by atoms with Gasteiger partial charge in [0.1, 0.15) is 11.7 Å². The van der Waals surface area contributed by atoms with Crippen LogP contribution in [0.5, 0.6) is 0 Å². The van der Waals surface area contributed by atoms with Gasteiger partial charge in [-0.25, -0.2) is 8.96 Å². The van der Waals surface area contributed by atoms with Crippen molar-refractivity contribution in [1.29, 1.82) is 0 Å². The Bertz CT molecular complexity index is 1320. The molecule has 0 spiro atoms. The molecule has 4 atom stereocenters. The molecule has 0 aliphatic carbocycles. The summed E-state index contributed by atoms with van der Waals surface area (Å²) in [6, 6.07) is 5.46. The summed E-state index contributed by atoms with van der Waals surface area (Å²) >= 11 is 0. The van der Waals surface area contributed by atoms with Gasteiger partial charge < -0.3 is 19.9 Å². The van der Waals surface area contributed by atoms with E-state index >= 15 is 0 Å². The molecule has 0 radical (unpaired) electrons. The fourth-order valence-corrected chi connectivity index (χ4v) is 5.64. The van der Waals surface area contributed by atoms with Gasteiger partial charge in [0.15, 0.2) is 6.29 Å². The van der Waals surface area contributed by atoms with Crippen LogP contribution in [0.3, 0.4) is 0 Å². The molecule has 1 saturated heterocycles. The maximum atomic E-state index is 13.8. The van der Waals surface area contributed by atoms with Gasteiger partial charge in [0.25, 0.3) is 0 Å². The molecule has 2 N–H and O–H groups in total. The van der Waals surface area contributed by atoms with Crippen molar-refractivity contribution in [3.63, 3.8) is 0 Å². The minimum atomic E-state index is -5.05. The van der Waals surface area contributed by atoms with Gasteiger partial charge in [0.05, 0.1) is 36.4 Å². The molecule has 238 valence electrons. The lowest BCUT2D eigenvalue weighted by atomic mass is 10.0. The Morgan fingerprint density at radius 2 is 1.65 bits per heavy atom. The topological polar surface area (TPSA) is 105 Å². The number of hydrazone groups is 1. The van der Waals surface area contributed by atoms with Crippen LogP contribution in [0.15, 0.2) is 47.6 Å². The number of ether oxygens (including phenoxy) is 2. The third-order valence-electron chi connectivity index (χ3n) is 6.74. The average molecular weight is 644 g/mol. The molecular weight excluding hydrogens is 616 g/mol. The lowest BCUT2D eigenvalue weighted by Gasteiger charge is -2.42. The highest BCUT2D eigenvalue weighted by atomic mass is 31.2. The number of amidine groups is 1. The van der Waals surface area contributed by atoms with Crippen LogP contribution in [0.1, 0.15) is 41.3 Å². The predicted molar refractivity (Wildman–Crippen MR) is 136 cm³/mol. The van der Waals surface area contributed by atoms with Gasteiger partial charge in [-0.1, -0.05) is 12.1 Å². The van der Waals surface area contributed by atoms with E-state index in [1.807, 2.05) is 0 Å². The van der Waals surface area contributed by atoms with Crippen molar-refractivity contribution in [2.75, 3.05) is 33.9 Å². The van der Waals surface area contributed by atoms with Crippen LogP contribution in [0.25, 0.3) is 0 Å². The highest BCUT2D eigenvalue weighted by molar-refractivity contribution is 7.51. The molecule has 1 unspecified atom stereocenters. The molecule has 2 aliphatic rings. The first-order valence-electron chi connectivity index (χ1n) is 12.6. The molecule has 0 amide bonds. The summed E-state index contributed by atoms with van der Waals surface area (Å²) in [5.74, 6) is -0.452. The number of morpholine rings is 1. The van der Waals surface area contributed by atoms with Crippen molar-refractivity contribution < 1.29 is 58.9 Å². The van der Waals surface area contributed by atoms with Crippen molar-refractivity contribution >= 4 is 13.6 Å². The quantitative estimate of drug-likeness (QED) is 0.280. The number of benzene rings is 2. The Kier molecular flexibility index (Phi) is 9.76. The zero-order valence-electron chi connectivity index (χ0n) is 22.9. The smallest absolute Gasteiger partial charge is 0.355 e. The minimum absolute atomic E-state index is 0.0135. The molecule has 4 rings (SSSR count). The Labute approximate surface area is 241 Å². The van der Waals surface area contributed by atoms with Crippen LogP contribution in [0, 0.1) is 5.82 Å². The van der Waals surface area contributed by atoms with Gasteiger partial charge in [-0.3, -0.25) is 13.9 Å². The molecule has 1 fully saturated rings. The summed E-state index contributed by atoms with van der Waals surface area (Å²) in [5, 5.41) is 17.1. The van der Waals surface area contributed by atoms with E-state index in [9.17, 15) is 40.4 Å². The van der Waals surface area contributed by atoms with E-state index in [0.717, 1.165) is 26.4 Å². The van der Waals surface area contributed by atoms with Gasteiger partial charge in [0, 0.05) is 20.8 Å². The molecule has 18 heteroatoms. The second-order valence-electron chi connectivity index (χ2n) is 9.54. The highest BCUT2D eigenvalue weighted by Crippen LogP contribution is 2.52. The van der Waals surface area contributed by atoms with Crippen LogP contribution in [-0.2, 0) is 35.4 Å². The molecule has 0 saturated carbocycles. The second-order valence-corrected chi connectivity index (χ2v) is 11.6. The number of hydrogen-bond acceptors (Lipinski definition) is 9. The lowest BCUT2D eigenvalue weighted by molar-refractivity contribution is -0.227. The third kappa shape index (κ3) is 7.48. The monoisotopic (exact) mass is 644 g/mol. The van der Waals surface area contributed by atoms with Gasteiger partial charge >= 0.3 is 20.1 Å². The number of aliphatic hydroxyl groups excluding tert-OH is 1. The number of rotatable bonds is 9. The van der Waals surface area contributed by atoms with Gasteiger partial charge in [-0.15, -0.1) is 5.10 Å². The third-order valence-corrected chi connectivity index (χ3v) is 8.48. The Hall–Kier alpha value is -2.79. The highest BCUT2D eigenvalue weighted by Gasteiger charge is 2.43. The molecule has 2 aromatic rings. The normalized spacial score (nSPS) is 22.8. The van der Waals surface area contributed by atoms with Crippen molar-refractivity contribution in [2.24, 2.45) is 5.10 Å². The van der Waals surface area contributed by atoms with Crippen molar-refractivity contribution in [2.45, 2.75) is 44.1 Å². The number of aliphatic hydroxyl groups is 1. The standard InChI is InChI=1S/C25H28F7N4O6P/c1-14(16-10-17(24(27,28)29)12-18(11-16)25(30,31)32)42-22-21(15-4-6-19(26)7-5-15)35(8-9-41-22)13-20-33-23(37)36(34-20)43(38,39-2)40-3/h4-7,10-12,14,21-23,37H,8-9,13H2,1-3H3,(H,33,34)/t14-,21+,22-,23?/m1/s1. The summed E-state index contributed by atoms with van der Waals surface area (Å²) in [5.41, 5.74) is -2.94. The van der Waals surface area contributed by atoms with Crippen LogP contribution in [-0.4, -0.2) is 67.2 Å². The van der Waals surface area contributed by atoms with E-state index < -0.39 is 67.4 Å². The average Bonchev–Trinajstić information content (AvgIpc) is 3.32. The Morgan fingerprint density at radius 1 is 1.07 bits per heavy atom. The number of nitrogens with one attached hydrogen (secondary N) is 1. The summed E-state index contributed by atoms with van der Waals surface area (Å²) in [6.45, 7) is 1.44. The number of halogens is 7. The number of alkyl halides is 6. The molecular formula is C25H28F7N4O6P. The maximum Gasteiger partial charge on any atom is 0.454 e. The van der Waals surface area contributed by atoms with Crippen molar-refractivity contribution in [1.82, 2.24) is 15.0 Å². The molecule has 2 aromatic carbocycles. The molecule has 43 heavy (non-hydrogen) atoms. The largest absolute Gasteiger partial charge is 0.454 e. The molecule has 2 aliphatic heterocycles. The molecule has 2 heterocycles. The zero-order valence-corrected chi connectivity index (χ0v) is 23.8. The van der Waals surface area contributed by atoms with E-state index in [0.29, 0.717) is 22.5 Å². The Morgan fingerprint density at radius 3 is 2.19 bits per heavy atom. The fourth-order valence-electron chi connectivity index (χ4n) is 4.62. The number of nitrogens with zero attached hydrogens (tertiary/aromatic N) is 3. The first kappa shape index (κ1) is 33.1. The first-order valence-corrected chi connectivity index (χ1v) is 14.1. The van der Waals surface area contributed by atoms with Crippen LogP contribution in [0.2, 0.25) is 0 Å². The van der Waals surface area contributed by atoms with E-state index in [-0.39, 0.29) is 31.6 Å². The Balaban J connectivity index is 1.65. The maximum absolute atomic E-state index is 13.8. The SMILES string of the molecule is COP(=O)(OC)N1N=C(CN2CCO[C@H](O[C@H](C)c3cc(C(F)(F)F)cc(C(F)(F)F)c3)[C@@H]2c2ccc(F)cc2)NC1O. The van der Waals surface area contributed by atoms with Gasteiger partial charge in [0.2, 0.25) is 6.35 Å². The van der Waals surface area contributed by atoms with Crippen molar-refractivity contribution in [3.8, 4) is 0 Å². The second kappa shape index (κ2) is 12.7. The minimum Gasteiger partial charge on any atom is -0.355 e. The lowest BCUT2D eigenvalue weighted by Crippen LogP contribution is -2.50. The first-order chi connectivity index (χ1) is 20.1. The van der Waals surface area contributed by atoms with E-state index in [2.05, 4.69) is 10.4 Å². The van der Waals surface area contributed by atoms with E-state index in [1.54, 1.807) is 4.90 Å². The molecule has 0 bridgehead atoms. The molecule has 0 aromatic heterocycles. The summed E-state index contributed by atoms with van der Waals surface area (Å²) in [4.78, 5) is 1.72. The van der Waals surface area contributed by atoms with Gasteiger partial charge in [-0.2, -0.15) is 31.1 Å². The van der Waals surface area contributed by atoms with E-state index in [1.165, 1.54) is 19.1 Å². The summed E-state index contributed by atoms with van der Waals surface area (Å²) in [6.07, 6.45) is -14.3. The number of hydrogen-bond donors (Lipinski definition) is 2. The fraction of sp³-hybridized carbons (Fsp3) is 0.480. The van der Waals surface area contributed by atoms with Crippen LogP contribution in [0.4, 0.5) is 30.7 Å². The van der Waals surface area contributed by atoms with Gasteiger partial charge in [-0.05, 0) is 48.4 Å². The predicted octanol–water partition coefficient (Wildman–Crippen LogP) is 5.24. The van der Waals surface area contributed by atoms with Crippen LogP contribution >= 0.6 is 7.75 Å². The zero-order chi connectivity index (χ0) is 31.7. The molecule has 10 nitrogen and oxygen atoms in total. The van der Waals surface area contributed by atoms with E-state index in [4.69, 9.17) is 18.5 Å².